The number of nitrogens with zero attached hydrogens (tertiary/aromatic N) is 1. The topological polar surface area (TPSA) is 131 Å². The molecule has 0 aromatic carbocycles. The summed E-state index contributed by atoms with van der Waals surface area (Å²) in [4.78, 5) is 37.6. The summed E-state index contributed by atoms with van der Waals surface area (Å²) in [5.74, 6) is -0.911. The zero-order valence-corrected chi connectivity index (χ0v) is 40.6. The van der Waals surface area contributed by atoms with Crippen molar-refractivity contribution in [1.82, 2.24) is 0 Å². The average molecular weight is 882 g/mol. The van der Waals surface area contributed by atoms with Crippen LogP contribution in [0.4, 0.5) is 0 Å². The number of hydrogen-bond acceptors (Lipinski definition) is 9. The molecule has 0 bridgehead atoms. The molecule has 1 N–H and O–H groups in total. The lowest BCUT2D eigenvalue weighted by Crippen LogP contribution is -2.37. The first-order chi connectivity index (χ1) is 29.3. The van der Waals surface area contributed by atoms with E-state index in [9.17, 15) is 24.2 Å². The molecule has 0 saturated heterocycles. The smallest absolute Gasteiger partial charge is 0.306 e. The van der Waals surface area contributed by atoms with Crippen LogP contribution in [-0.2, 0) is 32.7 Å². The second-order valence-corrected chi connectivity index (χ2v) is 19.2. The van der Waals surface area contributed by atoms with E-state index in [-0.39, 0.29) is 32.2 Å². The van der Waals surface area contributed by atoms with Crippen molar-refractivity contribution in [3.63, 3.8) is 0 Å². The molecule has 0 rings (SSSR count). The number of carbonyl (C=O) groups excluding carboxylic acids is 2. The van der Waals surface area contributed by atoms with E-state index in [0.717, 1.165) is 64.2 Å². The van der Waals surface area contributed by atoms with Crippen LogP contribution in [0.2, 0.25) is 0 Å². The summed E-state index contributed by atoms with van der Waals surface area (Å²) >= 11 is 0. The van der Waals surface area contributed by atoms with Gasteiger partial charge < -0.3 is 33.0 Å². The predicted octanol–water partition coefficient (Wildman–Crippen LogP) is 12.6. The molecular formula is C50H92NO9P. The van der Waals surface area contributed by atoms with Gasteiger partial charge in [0, 0.05) is 12.8 Å². The first kappa shape index (κ1) is 58.9. The number of rotatable bonds is 44. The van der Waals surface area contributed by atoms with E-state index in [1.807, 2.05) is 34.1 Å². The van der Waals surface area contributed by atoms with E-state index in [0.29, 0.717) is 23.9 Å². The molecule has 1 unspecified atom stereocenters. The Morgan fingerprint density at radius 2 is 1.02 bits per heavy atom. The Balaban J connectivity index is 4.36. The van der Waals surface area contributed by atoms with Gasteiger partial charge in [-0.25, -0.2) is 0 Å². The minimum absolute atomic E-state index is 0.0446. The monoisotopic (exact) mass is 882 g/mol. The van der Waals surface area contributed by atoms with Gasteiger partial charge in [-0.2, -0.15) is 0 Å². The maximum absolute atomic E-state index is 12.7. The highest BCUT2D eigenvalue weighted by Crippen LogP contribution is 2.38. The van der Waals surface area contributed by atoms with E-state index < -0.39 is 32.5 Å². The number of quaternary nitrogens is 1. The molecule has 356 valence electrons. The predicted molar refractivity (Wildman–Crippen MR) is 251 cm³/mol. The normalized spacial score (nSPS) is 14.4. The van der Waals surface area contributed by atoms with Crippen LogP contribution in [0.3, 0.4) is 0 Å². The fourth-order valence-electron chi connectivity index (χ4n) is 6.55. The van der Waals surface area contributed by atoms with Gasteiger partial charge in [0.25, 0.3) is 7.82 Å². The summed E-state index contributed by atoms with van der Waals surface area (Å²) in [6.45, 7) is 3.73. The van der Waals surface area contributed by atoms with Crippen LogP contribution in [0.25, 0.3) is 0 Å². The standard InChI is InChI=1S/C50H92NO9P/c1-6-7-8-9-10-11-12-13-14-15-16-17-20-24-27-30-33-36-39-42-50(54)60-48(46-59-61(55,56)58-44-43-51(3,4)5)45-57-49(53)41-38-35-32-29-26-23-21-18-19-22-25-28-31-34-37-40-47(2)52/h19,21-23,28-29,31-32,47-48,52H,6-18,20,24-27,30,33-46H2,1-5H3/b22-19-,23-21-,31-28-,32-29-/t47-,48-/m1/s1. The summed E-state index contributed by atoms with van der Waals surface area (Å²) < 4.78 is 33.9. The van der Waals surface area contributed by atoms with Crippen molar-refractivity contribution in [3.05, 3.63) is 48.6 Å². The van der Waals surface area contributed by atoms with E-state index in [1.54, 1.807) is 0 Å². The first-order valence-corrected chi connectivity index (χ1v) is 25.8. The van der Waals surface area contributed by atoms with Crippen molar-refractivity contribution in [2.75, 3.05) is 47.5 Å². The van der Waals surface area contributed by atoms with Gasteiger partial charge in [0.1, 0.15) is 19.8 Å². The molecule has 0 aliphatic rings. The molecule has 0 aliphatic heterocycles. The second-order valence-electron chi connectivity index (χ2n) is 17.8. The van der Waals surface area contributed by atoms with Crippen molar-refractivity contribution < 1.29 is 47.2 Å². The fourth-order valence-corrected chi connectivity index (χ4v) is 7.28. The lowest BCUT2D eigenvalue weighted by Gasteiger charge is -2.28. The average Bonchev–Trinajstić information content (AvgIpc) is 3.20. The third-order valence-corrected chi connectivity index (χ3v) is 11.3. The minimum Gasteiger partial charge on any atom is -0.756 e. The van der Waals surface area contributed by atoms with Crippen LogP contribution in [0.1, 0.15) is 200 Å². The van der Waals surface area contributed by atoms with Crippen LogP contribution < -0.4 is 4.89 Å². The van der Waals surface area contributed by atoms with Gasteiger partial charge in [-0.15, -0.1) is 0 Å². The number of allylic oxidation sites excluding steroid dienone is 8. The summed E-state index contributed by atoms with van der Waals surface area (Å²) in [6, 6.07) is 0. The zero-order valence-electron chi connectivity index (χ0n) is 39.7. The number of carbonyl (C=O) groups is 2. The largest absolute Gasteiger partial charge is 0.756 e. The molecule has 0 aromatic heterocycles. The molecule has 3 atom stereocenters. The van der Waals surface area contributed by atoms with Gasteiger partial charge in [0.2, 0.25) is 0 Å². The van der Waals surface area contributed by atoms with Crippen molar-refractivity contribution in [1.29, 1.82) is 0 Å². The first-order valence-electron chi connectivity index (χ1n) is 24.4. The lowest BCUT2D eigenvalue weighted by atomic mass is 10.0. The quantitative estimate of drug-likeness (QED) is 0.0209. The number of phosphoric acid groups is 1. The molecule has 0 fully saturated rings. The van der Waals surface area contributed by atoms with Gasteiger partial charge in [-0.05, 0) is 64.7 Å². The zero-order chi connectivity index (χ0) is 45.1. The molecule has 0 aromatic rings. The van der Waals surface area contributed by atoms with Crippen molar-refractivity contribution >= 4 is 19.8 Å². The number of unbranched alkanes of at least 4 members (excludes halogenated alkanes) is 20. The lowest BCUT2D eigenvalue weighted by molar-refractivity contribution is -0.870. The van der Waals surface area contributed by atoms with Gasteiger partial charge in [0.05, 0.1) is 33.9 Å². The van der Waals surface area contributed by atoms with E-state index in [2.05, 4.69) is 49.5 Å². The number of aliphatic hydroxyl groups is 1. The summed E-state index contributed by atoms with van der Waals surface area (Å²) in [5.41, 5.74) is 0. The SMILES string of the molecule is CCCCCCCCCCCCCCCCCCCCCC(=O)O[C@H](COC(=O)CCC/C=C\C/C=C\C/C=C\C/C=C\CCC[C@@H](C)O)COP(=O)([O-])OCC[N+](C)(C)C. The third kappa shape index (κ3) is 47.2. The Bertz CT molecular complexity index is 1190. The molecular weight excluding hydrogens is 790 g/mol. The number of hydrogen-bond donors (Lipinski definition) is 1. The molecule has 0 heterocycles. The van der Waals surface area contributed by atoms with E-state index >= 15 is 0 Å². The Hall–Kier alpha value is -2.07. The molecule has 11 heteroatoms. The number of esters is 2. The van der Waals surface area contributed by atoms with Gasteiger partial charge in [0.15, 0.2) is 6.10 Å². The van der Waals surface area contributed by atoms with Gasteiger partial charge >= 0.3 is 11.9 Å². The Morgan fingerprint density at radius 3 is 1.48 bits per heavy atom. The number of aliphatic hydroxyl groups excluding tert-OH is 1. The second kappa shape index (κ2) is 41.9. The van der Waals surface area contributed by atoms with Crippen LogP contribution >= 0.6 is 7.82 Å². The van der Waals surface area contributed by atoms with Crippen LogP contribution in [-0.4, -0.2) is 81.2 Å². The highest BCUT2D eigenvalue weighted by Gasteiger charge is 2.21. The summed E-state index contributed by atoms with van der Waals surface area (Å²) in [7, 11) is 1.12. The Morgan fingerprint density at radius 1 is 0.590 bits per heavy atom. The van der Waals surface area contributed by atoms with Crippen LogP contribution in [0.15, 0.2) is 48.6 Å². The van der Waals surface area contributed by atoms with Crippen molar-refractivity contribution in [2.24, 2.45) is 0 Å². The number of ether oxygens (including phenoxy) is 2. The molecule has 61 heavy (non-hydrogen) atoms. The molecule has 0 amide bonds. The maximum Gasteiger partial charge on any atom is 0.306 e. The fraction of sp³-hybridized carbons (Fsp3) is 0.800. The van der Waals surface area contributed by atoms with Crippen LogP contribution in [0.5, 0.6) is 0 Å². The highest BCUT2D eigenvalue weighted by molar-refractivity contribution is 7.45. The maximum atomic E-state index is 12.7. The summed E-state index contributed by atoms with van der Waals surface area (Å²) in [5, 5.41) is 9.28. The van der Waals surface area contributed by atoms with E-state index in [1.165, 1.54) is 96.3 Å². The molecule has 0 radical (unpaired) electrons. The number of phosphoric ester groups is 1. The van der Waals surface area contributed by atoms with Crippen molar-refractivity contribution in [3.8, 4) is 0 Å². The number of likely N-dealkylation sites (N-methyl/N-ethyl adjacent to an activating group) is 1. The van der Waals surface area contributed by atoms with Gasteiger partial charge in [-0.3, -0.25) is 14.2 Å². The van der Waals surface area contributed by atoms with Crippen LogP contribution in [0, 0.1) is 0 Å². The molecule has 10 nitrogen and oxygen atoms in total. The minimum atomic E-state index is -4.65. The molecule has 0 saturated carbocycles. The Labute approximate surface area is 374 Å². The third-order valence-electron chi connectivity index (χ3n) is 10.4. The van der Waals surface area contributed by atoms with E-state index in [4.69, 9.17) is 18.5 Å². The highest BCUT2D eigenvalue weighted by atomic mass is 31.2. The summed E-state index contributed by atoms with van der Waals surface area (Å²) in [6.07, 6.45) is 47.1. The van der Waals surface area contributed by atoms with Gasteiger partial charge in [-0.1, -0.05) is 171 Å². The molecule has 0 spiro atoms. The Kier molecular flexibility index (Phi) is 40.5. The van der Waals surface area contributed by atoms with Crippen molar-refractivity contribution in [2.45, 2.75) is 212 Å². The molecule has 0 aliphatic carbocycles.